The maximum Gasteiger partial charge on any atom is 0.0609 e. The molecular weight excluding hydrogens is 258 g/mol. The lowest BCUT2D eigenvalue weighted by Gasteiger charge is -2.26. The minimum atomic E-state index is 0.266. The van der Waals surface area contributed by atoms with Crippen LogP contribution in [0.3, 0.4) is 0 Å². The molecule has 3 nitrogen and oxygen atoms in total. The largest absolute Gasteiger partial charge is 0.308 e. The molecule has 110 valence electrons. The van der Waals surface area contributed by atoms with E-state index in [1.165, 1.54) is 22.5 Å². The quantitative estimate of drug-likeness (QED) is 0.910. The number of hydrogen-bond donors (Lipinski definition) is 1. The fourth-order valence-electron chi connectivity index (χ4n) is 3.32. The number of fused-ring (bicyclic) bond motifs is 1. The van der Waals surface area contributed by atoms with Crippen molar-refractivity contribution in [3.05, 3.63) is 59.2 Å². The Labute approximate surface area is 126 Å². The van der Waals surface area contributed by atoms with Crippen molar-refractivity contribution in [2.45, 2.75) is 45.1 Å². The summed E-state index contributed by atoms with van der Waals surface area (Å²) in [6.45, 7) is 5.37. The summed E-state index contributed by atoms with van der Waals surface area (Å²) in [5, 5.41) is 3.71. The van der Waals surface area contributed by atoms with Crippen molar-refractivity contribution in [3.63, 3.8) is 0 Å². The first kappa shape index (κ1) is 14.2. The smallest absolute Gasteiger partial charge is 0.0609 e. The van der Waals surface area contributed by atoms with Gasteiger partial charge in [0.2, 0.25) is 0 Å². The van der Waals surface area contributed by atoms with Gasteiger partial charge in [0.1, 0.15) is 0 Å². The normalized spacial score (nSPS) is 18.5. The van der Waals surface area contributed by atoms with Crippen LogP contribution in [0.1, 0.15) is 54.2 Å². The van der Waals surface area contributed by atoms with Gasteiger partial charge in [-0.2, -0.15) is 0 Å². The van der Waals surface area contributed by atoms with Crippen LogP contribution in [0.5, 0.6) is 0 Å². The van der Waals surface area contributed by atoms with Crippen LogP contribution in [0.25, 0.3) is 0 Å². The average molecular weight is 281 g/mol. The van der Waals surface area contributed by atoms with E-state index in [1.807, 2.05) is 24.5 Å². The zero-order valence-electron chi connectivity index (χ0n) is 12.8. The third kappa shape index (κ3) is 2.84. The summed E-state index contributed by atoms with van der Waals surface area (Å²) < 4.78 is 0. The van der Waals surface area contributed by atoms with Gasteiger partial charge in [-0.25, -0.2) is 0 Å². The van der Waals surface area contributed by atoms with Gasteiger partial charge in [0, 0.05) is 24.0 Å². The fourth-order valence-corrected chi connectivity index (χ4v) is 3.32. The Morgan fingerprint density at radius 1 is 1.24 bits per heavy atom. The second-order valence-corrected chi connectivity index (χ2v) is 5.83. The number of hydrogen-bond acceptors (Lipinski definition) is 3. The summed E-state index contributed by atoms with van der Waals surface area (Å²) in [4.78, 5) is 9.32. The molecule has 0 bridgehead atoms. The number of aromatic nitrogens is 2. The molecule has 3 heteroatoms. The Hall–Kier alpha value is -1.74. The molecule has 0 spiro atoms. The van der Waals surface area contributed by atoms with Crippen LogP contribution in [0.15, 0.2) is 36.7 Å². The van der Waals surface area contributed by atoms with E-state index >= 15 is 0 Å². The van der Waals surface area contributed by atoms with Gasteiger partial charge in [0.05, 0.1) is 11.7 Å². The Kier molecular flexibility index (Phi) is 4.30. The highest BCUT2D eigenvalue weighted by molar-refractivity contribution is 5.33. The fraction of sp³-hybridized carbons (Fsp3) is 0.444. The predicted molar refractivity (Wildman–Crippen MR) is 85.3 cm³/mol. The lowest BCUT2D eigenvalue weighted by Crippen LogP contribution is -2.29. The average Bonchev–Trinajstić information content (AvgIpc) is 2.93. The molecule has 0 aliphatic heterocycles. The monoisotopic (exact) mass is 281 g/mol. The van der Waals surface area contributed by atoms with E-state index in [1.54, 1.807) is 0 Å². The molecule has 1 N–H and O–H groups in total. The van der Waals surface area contributed by atoms with E-state index in [2.05, 4.69) is 41.3 Å². The van der Waals surface area contributed by atoms with Crippen molar-refractivity contribution in [3.8, 4) is 0 Å². The minimum absolute atomic E-state index is 0.266. The van der Waals surface area contributed by atoms with Gasteiger partial charge in [-0.05, 0) is 56.0 Å². The third-order valence-corrected chi connectivity index (χ3v) is 4.36. The van der Waals surface area contributed by atoms with Gasteiger partial charge >= 0.3 is 0 Å². The molecule has 2 heterocycles. The maximum absolute atomic E-state index is 4.66. The van der Waals surface area contributed by atoms with Crippen LogP contribution in [0.2, 0.25) is 0 Å². The highest BCUT2D eigenvalue weighted by atomic mass is 15.0. The Balaban J connectivity index is 1.96. The molecule has 0 saturated carbocycles. The molecule has 0 aromatic carbocycles. The first-order chi connectivity index (χ1) is 10.3. The molecule has 2 unspecified atom stereocenters. The van der Waals surface area contributed by atoms with Crippen molar-refractivity contribution in [1.82, 2.24) is 15.3 Å². The molecule has 0 amide bonds. The Morgan fingerprint density at radius 2 is 2.05 bits per heavy atom. The van der Waals surface area contributed by atoms with E-state index in [0.29, 0.717) is 5.92 Å². The van der Waals surface area contributed by atoms with E-state index in [4.69, 9.17) is 0 Å². The number of nitrogens with one attached hydrogen (secondary N) is 1. The second kappa shape index (κ2) is 6.35. The lowest BCUT2D eigenvalue weighted by atomic mass is 9.91. The highest BCUT2D eigenvalue weighted by Gasteiger charge is 2.32. The van der Waals surface area contributed by atoms with Gasteiger partial charge in [0.25, 0.3) is 0 Å². The van der Waals surface area contributed by atoms with Crippen LogP contribution < -0.4 is 5.32 Å². The van der Waals surface area contributed by atoms with Crippen LogP contribution in [-0.2, 0) is 6.42 Å². The molecule has 21 heavy (non-hydrogen) atoms. The van der Waals surface area contributed by atoms with Gasteiger partial charge in [-0.3, -0.25) is 9.97 Å². The third-order valence-electron chi connectivity index (χ3n) is 4.36. The van der Waals surface area contributed by atoms with Crippen molar-refractivity contribution in [2.24, 2.45) is 0 Å². The zero-order valence-corrected chi connectivity index (χ0v) is 12.8. The number of pyridine rings is 2. The number of aryl methyl sites for hydroxylation is 2. The summed E-state index contributed by atoms with van der Waals surface area (Å²) in [5.41, 5.74) is 5.10. The van der Waals surface area contributed by atoms with Gasteiger partial charge in [0.15, 0.2) is 0 Å². The first-order valence-electron chi connectivity index (χ1n) is 7.90. The number of rotatable bonds is 5. The van der Waals surface area contributed by atoms with Crippen LogP contribution in [-0.4, -0.2) is 16.5 Å². The van der Waals surface area contributed by atoms with Crippen LogP contribution in [0, 0.1) is 6.92 Å². The topological polar surface area (TPSA) is 37.8 Å². The molecule has 1 aliphatic rings. The molecule has 2 aromatic heterocycles. The van der Waals surface area contributed by atoms with Gasteiger partial charge in [-0.15, -0.1) is 0 Å². The first-order valence-corrected chi connectivity index (χ1v) is 7.90. The predicted octanol–water partition coefficient (Wildman–Crippen LogP) is 3.56. The molecule has 0 saturated heterocycles. The van der Waals surface area contributed by atoms with E-state index in [-0.39, 0.29) is 6.04 Å². The highest BCUT2D eigenvalue weighted by Crippen LogP contribution is 2.40. The molecule has 0 radical (unpaired) electrons. The summed E-state index contributed by atoms with van der Waals surface area (Å²) in [5.74, 6) is 0.432. The molecule has 2 atom stereocenters. The second-order valence-electron chi connectivity index (χ2n) is 5.83. The van der Waals surface area contributed by atoms with E-state index in [0.717, 1.165) is 25.8 Å². The van der Waals surface area contributed by atoms with Crippen molar-refractivity contribution in [2.75, 3.05) is 6.54 Å². The molecular formula is C18H23N3. The standard InChI is InChI=1S/C18H23N3/c1-3-10-19-18(16-13(2)6-4-11-20-16)15-9-8-14-7-5-12-21-17(14)15/h4-7,11-12,15,18-19H,3,8-10H2,1-2H3. The Bertz CT molecular complexity index is 609. The van der Waals surface area contributed by atoms with E-state index in [9.17, 15) is 0 Å². The number of nitrogens with zero attached hydrogens (tertiary/aromatic N) is 2. The molecule has 3 rings (SSSR count). The minimum Gasteiger partial charge on any atom is -0.308 e. The van der Waals surface area contributed by atoms with Crippen LogP contribution in [0.4, 0.5) is 0 Å². The van der Waals surface area contributed by atoms with Crippen molar-refractivity contribution >= 4 is 0 Å². The summed E-state index contributed by atoms with van der Waals surface area (Å²) in [6, 6.07) is 8.68. The summed E-state index contributed by atoms with van der Waals surface area (Å²) >= 11 is 0. The van der Waals surface area contributed by atoms with Crippen molar-refractivity contribution < 1.29 is 0 Å². The van der Waals surface area contributed by atoms with E-state index < -0.39 is 0 Å². The molecule has 1 aliphatic carbocycles. The van der Waals surface area contributed by atoms with Crippen molar-refractivity contribution in [1.29, 1.82) is 0 Å². The van der Waals surface area contributed by atoms with Gasteiger partial charge < -0.3 is 5.32 Å². The summed E-state index contributed by atoms with van der Waals surface area (Å²) in [6.07, 6.45) is 7.23. The summed E-state index contributed by atoms with van der Waals surface area (Å²) in [7, 11) is 0. The SMILES string of the molecule is CCCNC(c1ncccc1C)C1CCc2cccnc21. The Morgan fingerprint density at radius 3 is 2.86 bits per heavy atom. The van der Waals surface area contributed by atoms with Crippen LogP contribution >= 0.6 is 0 Å². The molecule has 2 aromatic rings. The maximum atomic E-state index is 4.66. The van der Waals surface area contributed by atoms with Gasteiger partial charge in [-0.1, -0.05) is 19.1 Å². The zero-order chi connectivity index (χ0) is 14.7. The lowest BCUT2D eigenvalue weighted by molar-refractivity contribution is 0.427. The molecule has 0 fully saturated rings.